The van der Waals surface area contributed by atoms with Crippen molar-refractivity contribution in [2.75, 3.05) is 13.2 Å². The number of Topliss-reactive ketones (excluding diaryl/α,β-unsaturated/α-hetero) is 1. The average Bonchev–Trinajstić information content (AvgIpc) is 2.81. The van der Waals surface area contributed by atoms with Gasteiger partial charge in [0, 0.05) is 16.4 Å². The summed E-state index contributed by atoms with van der Waals surface area (Å²) in [5.74, 6) is 0.647. The molecule has 0 aromatic heterocycles. The summed E-state index contributed by atoms with van der Waals surface area (Å²) in [7, 11) is 0. The van der Waals surface area contributed by atoms with E-state index in [1.165, 1.54) is 19.3 Å². The van der Waals surface area contributed by atoms with Crippen LogP contribution in [0.4, 0.5) is 0 Å². The first kappa shape index (κ1) is 12.0. The number of fused-ring (bicyclic) bond motifs is 2. The van der Waals surface area contributed by atoms with Crippen molar-refractivity contribution in [2.45, 2.75) is 55.3 Å². The molecule has 17 heavy (non-hydrogen) atoms. The number of ether oxygens (including phenoxy) is 2. The summed E-state index contributed by atoms with van der Waals surface area (Å²) in [6.07, 6.45) is 6.37. The van der Waals surface area contributed by atoms with Gasteiger partial charge in [-0.3, -0.25) is 4.79 Å². The minimum atomic E-state index is -0.253. The molecule has 0 aromatic rings. The van der Waals surface area contributed by atoms with Gasteiger partial charge in [0.15, 0.2) is 6.29 Å². The van der Waals surface area contributed by atoms with Crippen molar-refractivity contribution in [1.82, 2.24) is 0 Å². The lowest BCUT2D eigenvalue weighted by Gasteiger charge is -2.38. The fourth-order valence-corrected chi connectivity index (χ4v) is 5.01. The lowest BCUT2D eigenvalue weighted by Crippen LogP contribution is -2.34. The molecule has 3 aliphatic heterocycles. The summed E-state index contributed by atoms with van der Waals surface area (Å²) >= 11 is 2.12. The van der Waals surface area contributed by atoms with Crippen molar-refractivity contribution >= 4 is 17.5 Å². The van der Waals surface area contributed by atoms with Crippen LogP contribution in [0, 0.1) is 5.92 Å². The number of carbonyl (C=O) groups excluding carboxylic acids is 1. The highest BCUT2D eigenvalue weighted by molar-refractivity contribution is 8.00. The van der Waals surface area contributed by atoms with Crippen LogP contribution in [0.3, 0.4) is 0 Å². The fourth-order valence-electron chi connectivity index (χ4n) is 3.18. The van der Waals surface area contributed by atoms with Gasteiger partial charge in [-0.25, -0.2) is 0 Å². The summed E-state index contributed by atoms with van der Waals surface area (Å²) in [5.41, 5.74) is 0. The van der Waals surface area contributed by atoms with Crippen molar-refractivity contribution < 1.29 is 14.3 Å². The number of carbonyl (C=O) groups is 1. The Labute approximate surface area is 107 Å². The Bertz CT molecular complexity index is 276. The lowest BCUT2D eigenvalue weighted by atomic mass is 9.85. The Morgan fingerprint density at radius 3 is 2.41 bits per heavy atom. The van der Waals surface area contributed by atoms with Crippen LogP contribution >= 0.6 is 11.8 Å². The van der Waals surface area contributed by atoms with E-state index in [9.17, 15) is 4.79 Å². The zero-order valence-electron chi connectivity index (χ0n) is 10.1. The molecule has 0 spiro atoms. The first-order chi connectivity index (χ1) is 8.31. The molecule has 2 bridgehead atoms. The van der Waals surface area contributed by atoms with E-state index in [1.807, 2.05) is 0 Å². The predicted molar refractivity (Wildman–Crippen MR) is 67.1 cm³/mol. The van der Waals surface area contributed by atoms with Gasteiger partial charge in [0.1, 0.15) is 5.78 Å². The number of hydrogen-bond donors (Lipinski definition) is 0. The van der Waals surface area contributed by atoms with Crippen molar-refractivity contribution in [2.24, 2.45) is 5.92 Å². The number of hydrogen-bond acceptors (Lipinski definition) is 4. The Hall–Kier alpha value is -0.0600. The quantitative estimate of drug-likeness (QED) is 0.776. The van der Waals surface area contributed by atoms with Crippen molar-refractivity contribution in [3.8, 4) is 0 Å². The van der Waals surface area contributed by atoms with E-state index >= 15 is 0 Å². The third kappa shape index (κ3) is 2.85. The SMILES string of the molecule is O=C(CC1OCCO1)C1CC2CCCC(C1)S2. The Kier molecular flexibility index (Phi) is 3.73. The van der Waals surface area contributed by atoms with Crippen LogP contribution in [-0.2, 0) is 14.3 Å². The van der Waals surface area contributed by atoms with E-state index in [4.69, 9.17) is 9.47 Å². The molecule has 3 nitrogen and oxygen atoms in total. The van der Waals surface area contributed by atoms with Crippen molar-refractivity contribution in [3.63, 3.8) is 0 Å². The molecule has 2 atom stereocenters. The Morgan fingerprint density at radius 2 is 1.76 bits per heavy atom. The zero-order chi connectivity index (χ0) is 11.7. The summed E-state index contributed by atoms with van der Waals surface area (Å²) < 4.78 is 10.7. The van der Waals surface area contributed by atoms with Crippen molar-refractivity contribution in [1.29, 1.82) is 0 Å². The molecule has 4 heteroatoms. The van der Waals surface area contributed by atoms with E-state index in [0.717, 1.165) is 23.3 Å². The normalized spacial score (nSPS) is 38.2. The highest BCUT2D eigenvalue weighted by Gasteiger charge is 2.36. The second-order valence-corrected chi connectivity index (χ2v) is 6.93. The van der Waals surface area contributed by atoms with Gasteiger partial charge < -0.3 is 9.47 Å². The lowest BCUT2D eigenvalue weighted by molar-refractivity contribution is -0.131. The van der Waals surface area contributed by atoms with Crippen molar-refractivity contribution in [3.05, 3.63) is 0 Å². The first-order valence-electron chi connectivity index (χ1n) is 6.72. The predicted octanol–water partition coefficient (Wildman–Crippen LogP) is 2.38. The molecule has 3 fully saturated rings. The summed E-state index contributed by atoms with van der Waals surface area (Å²) in [6, 6.07) is 0. The van der Waals surface area contributed by atoms with E-state index in [2.05, 4.69) is 11.8 Å². The standard InChI is InChI=1S/C13H20O3S/c14-12(8-13-15-4-5-16-13)9-6-10-2-1-3-11(7-9)17-10/h9-11,13H,1-8H2. The molecule has 0 saturated carbocycles. The van der Waals surface area contributed by atoms with Gasteiger partial charge >= 0.3 is 0 Å². The summed E-state index contributed by atoms with van der Waals surface area (Å²) in [4.78, 5) is 12.2. The highest BCUT2D eigenvalue weighted by Crippen LogP contribution is 2.44. The Balaban J connectivity index is 1.54. The van der Waals surface area contributed by atoms with Gasteiger partial charge in [-0.1, -0.05) is 6.42 Å². The molecule has 0 N–H and O–H groups in total. The zero-order valence-corrected chi connectivity index (χ0v) is 10.9. The minimum Gasteiger partial charge on any atom is -0.350 e. The summed E-state index contributed by atoms with van der Waals surface area (Å²) in [5, 5.41) is 1.48. The molecule has 3 heterocycles. The van der Waals surface area contributed by atoms with E-state index in [1.54, 1.807) is 0 Å². The molecule has 0 amide bonds. The fraction of sp³-hybridized carbons (Fsp3) is 0.923. The van der Waals surface area contributed by atoms with Crippen LogP contribution in [0.1, 0.15) is 38.5 Å². The average molecular weight is 256 g/mol. The Morgan fingerprint density at radius 1 is 1.12 bits per heavy atom. The van der Waals surface area contributed by atoms with E-state index in [-0.39, 0.29) is 12.2 Å². The largest absolute Gasteiger partial charge is 0.350 e. The van der Waals surface area contributed by atoms with Crippen LogP contribution in [0.2, 0.25) is 0 Å². The molecule has 0 aromatic carbocycles. The van der Waals surface area contributed by atoms with Crippen LogP contribution in [-0.4, -0.2) is 35.8 Å². The maximum Gasteiger partial charge on any atom is 0.164 e. The monoisotopic (exact) mass is 256 g/mol. The van der Waals surface area contributed by atoms with E-state index < -0.39 is 0 Å². The van der Waals surface area contributed by atoms with Gasteiger partial charge in [0.05, 0.1) is 19.6 Å². The summed E-state index contributed by atoms with van der Waals surface area (Å²) in [6.45, 7) is 1.29. The first-order valence-corrected chi connectivity index (χ1v) is 7.67. The van der Waals surface area contributed by atoms with Gasteiger partial charge in [-0.2, -0.15) is 11.8 Å². The van der Waals surface area contributed by atoms with E-state index in [0.29, 0.717) is 25.4 Å². The van der Waals surface area contributed by atoms with Gasteiger partial charge in [-0.15, -0.1) is 0 Å². The van der Waals surface area contributed by atoms with Crippen LogP contribution < -0.4 is 0 Å². The highest BCUT2D eigenvalue weighted by atomic mass is 32.2. The third-order valence-electron chi connectivity index (χ3n) is 4.05. The van der Waals surface area contributed by atoms with Crippen LogP contribution in [0.15, 0.2) is 0 Å². The molecule has 3 aliphatic rings. The minimum absolute atomic E-state index is 0.253. The second kappa shape index (κ2) is 5.29. The maximum atomic E-state index is 12.2. The number of rotatable bonds is 3. The molecule has 3 rings (SSSR count). The maximum absolute atomic E-state index is 12.2. The molecular formula is C13H20O3S. The van der Waals surface area contributed by atoms with Gasteiger partial charge in [0.25, 0.3) is 0 Å². The van der Waals surface area contributed by atoms with Gasteiger partial charge in [-0.05, 0) is 25.7 Å². The topological polar surface area (TPSA) is 35.5 Å². The molecule has 0 radical (unpaired) electrons. The smallest absolute Gasteiger partial charge is 0.164 e. The molecule has 96 valence electrons. The molecular weight excluding hydrogens is 236 g/mol. The van der Waals surface area contributed by atoms with Crippen LogP contribution in [0.25, 0.3) is 0 Å². The third-order valence-corrected chi connectivity index (χ3v) is 5.67. The second-order valence-electron chi connectivity index (χ2n) is 5.32. The molecule has 2 unspecified atom stereocenters. The number of thioether (sulfide) groups is 1. The van der Waals surface area contributed by atoms with Crippen LogP contribution in [0.5, 0.6) is 0 Å². The molecule has 3 saturated heterocycles. The van der Waals surface area contributed by atoms with Gasteiger partial charge in [0.2, 0.25) is 0 Å². The number of ketones is 1. The molecule has 0 aliphatic carbocycles.